The minimum Gasteiger partial charge on any atom is -0.391 e. The van der Waals surface area contributed by atoms with Crippen molar-refractivity contribution in [2.45, 2.75) is 45.3 Å². The number of carbonyl (C=O) groups excluding carboxylic acids is 1. The van der Waals surface area contributed by atoms with Gasteiger partial charge < -0.3 is 20.2 Å². The zero-order chi connectivity index (χ0) is 18.1. The maximum Gasteiger partial charge on any atom is 0.227 e. The van der Waals surface area contributed by atoms with E-state index >= 15 is 0 Å². The lowest BCUT2D eigenvalue weighted by Crippen LogP contribution is -2.48. The van der Waals surface area contributed by atoms with Crippen molar-refractivity contribution >= 4 is 17.7 Å². The molecule has 0 radical (unpaired) electrons. The van der Waals surface area contributed by atoms with Crippen molar-refractivity contribution in [3.8, 4) is 0 Å². The van der Waals surface area contributed by atoms with Gasteiger partial charge in [-0.3, -0.25) is 4.79 Å². The molecule has 25 heavy (non-hydrogen) atoms. The Morgan fingerprint density at radius 1 is 1.32 bits per heavy atom. The van der Waals surface area contributed by atoms with Crippen LogP contribution in [0.25, 0.3) is 0 Å². The second-order valence-corrected chi connectivity index (χ2v) is 7.54. The number of aromatic nitrogens is 2. The lowest BCUT2D eigenvalue weighted by atomic mass is 9.77. The number of fused-ring (bicyclic) bond motifs is 1. The van der Waals surface area contributed by atoms with Gasteiger partial charge >= 0.3 is 0 Å². The van der Waals surface area contributed by atoms with Gasteiger partial charge in [0.1, 0.15) is 5.82 Å². The SMILES string of the molecule is CCc1cc(N2C[C@H]3C[C@@H](NC(C)=O)[C@H](O)C[C@H]3C2)nc(N(C)C)n1. The van der Waals surface area contributed by atoms with Crippen molar-refractivity contribution < 1.29 is 9.90 Å². The number of anilines is 2. The van der Waals surface area contributed by atoms with Gasteiger partial charge in [-0.05, 0) is 31.1 Å². The van der Waals surface area contributed by atoms with Crippen molar-refractivity contribution in [2.75, 3.05) is 37.0 Å². The molecule has 138 valence electrons. The zero-order valence-electron chi connectivity index (χ0n) is 15.6. The highest BCUT2D eigenvalue weighted by atomic mass is 16.3. The molecule has 3 rings (SSSR count). The fourth-order valence-corrected chi connectivity index (χ4v) is 4.05. The summed E-state index contributed by atoms with van der Waals surface area (Å²) < 4.78 is 0. The molecule has 2 N–H and O–H groups in total. The van der Waals surface area contributed by atoms with E-state index in [0.717, 1.165) is 49.8 Å². The fraction of sp³-hybridized carbons (Fsp3) is 0.722. The smallest absolute Gasteiger partial charge is 0.227 e. The Morgan fingerprint density at radius 3 is 2.60 bits per heavy atom. The molecule has 7 heteroatoms. The number of amides is 1. The molecule has 0 unspecified atom stereocenters. The average molecular weight is 347 g/mol. The number of hydrogen-bond donors (Lipinski definition) is 2. The second-order valence-electron chi connectivity index (χ2n) is 7.54. The van der Waals surface area contributed by atoms with Crippen molar-refractivity contribution in [1.82, 2.24) is 15.3 Å². The largest absolute Gasteiger partial charge is 0.391 e. The third-order valence-corrected chi connectivity index (χ3v) is 5.37. The molecule has 1 aromatic rings. The third kappa shape index (κ3) is 3.86. The van der Waals surface area contributed by atoms with Crippen molar-refractivity contribution in [3.05, 3.63) is 11.8 Å². The highest BCUT2D eigenvalue weighted by Crippen LogP contribution is 2.38. The number of nitrogens with zero attached hydrogens (tertiary/aromatic N) is 4. The quantitative estimate of drug-likeness (QED) is 0.839. The van der Waals surface area contributed by atoms with E-state index in [0.29, 0.717) is 11.8 Å². The van der Waals surface area contributed by atoms with Crippen LogP contribution < -0.4 is 15.1 Å². The van der Waals surface area contributed by atoms with Gasteiger partial charge in [0.15, 0.2) is 0 Å². The van der Waals surface area contributed by atoms with E-state index in [1.165, 1.54) is 6.92 Å². The van der Waals surface area contributed by atoms with Crippen LogP contribution >= 0.6 is 0 Å². The first-order chi connectivity index (χ1) is 11.9. The number of aliphatic hydroxyl groups is 1. The molecule has 1 saturated carbocycles. The number of aryl methyl sites for hydroxylation is 1. The second kappa shape index (κ2) is 7.15. The highest BCUT2D eigenvalue weighted by Gasteiger charge is 2.42. The Morgan fingerprint density at radius 2 is 2.00 bits per heavy atom. The average Bonchev–Trinajstić information content (AvgIpc) is 2.97. The van der Waals surface area contributed by atoms with E-state index in [1.807, 2.05) is 19.0 Å². The van der Waals surface area contributed by atoms with Crippen LogP contribution in [0.5, 0.6) is 0 Å². The van der Waals surface area contributed by atoms with Crippen LogP contribution in [0, 0.1) is 11.8 Å². The van der Waals surface area contributed by atoms with E-state index in [2.05, 4.69) is 28.2 Å². The summed E-state index contributed by atoms with van der Waals surface area (Å²) in [4.78, 5) is 24.9. The molecule has 1 aliphatic heterocycles. The number of aliphatic hydroxyl groups excluding tert-OH is 1. The summed E-state index contributed by atoms with van der Waals surface area (Å²) in [6, 6.07) is 1.94. The summed E-state index contributed by atoms with van der Waals surface area (Å²) in [6.45, 7) is 5.43. The molecule has 0 bridgehead atoms. The van der Waals surface area contributed by atoms with E-state index in [4.69, 9.17) is 4.98 Å². The first-order valence-corrected chi connectivity index (χ1v) is 9.12. The fourth-order valence-electron chi connectivity index (χ4n) is 4.05. The van der Waals surface area contributed by atoms with Gasteiger partial charge in [-0.2, -0.15) is 4.98 Å². The summed E-state index contributed by atoms with van der Waals surface area (Å²) >= 11 is 0. The molecule has 2 aliphatic rings. The summed E-state index contributed by atoms with van der Waals surface area (Å²) in [7, 11) is 3.91. The number of nitrogens with one attached hydrogen (secondary N) is 1. The third-order valence-electron chi connectivity index (χ3n) is 5.37. The molecule has 7 nitrogen and oxygen atoms in total. The standard InChI is InChI=1S/C18H29N5O2/c1-5-14-8-17(21-18(20-14)22(3)4)23-9-12-6-15(19-11(2)24)16(25)7-13(12)10-23/h8,12-13,15-16,25H,5-7,9-10H2,1-4H3,(H,19,24)/t12-,13+,15-,16-/m1/s1. The normalized spacial score (nSPS) is 28.6. The first-order valence-electron chi connectivity index (χ1n) is 9.12. The Kier molecular flexibility index (Phi) is 5.13. The minimum absolute atomic E-state index is 0.0728. The predicted molar refractivity (Wildman–Crippen MR) is 97.8 cm³/mol. The summed E-state index contributed by atoms with van der Waals surface area (Å²) in [5.74, 6) is 2.55. The van der Waals surface area contributed by atoms with E-state index in [-0.39, 0.29) is 11.9 Å². The molecule has 1 saturated heterocycles. The number of carbonyl (C=O) groups is 1. The molecule has 1 aliphatic carbocycles. The first kappa shape index (κ1) is 17.9. The lowest BCUT2D eigenvalue weighted by molar-refractivity contribution is -0.121. The molecular formula is C18H29N5O2. The zero-order valence-corrected chi connectivity index (χ0v) is 15.6. The van der Waals surface area contributed by atoms with Crippen LogP contribution in [0.4, 0.5) is 11.8 Å². The maximum atomic E-state index is 11.4. The van der Waals surface area contributed by atoms with Crippen LogP contribution in [-0.4, -0.2) is 60.3 Å². The monoisotopic (exact) mass is 347 g/mol. The topological polar surface area (TPSA) is 81.6 Å². The Bertz CT molecular complexity index is 636. The Labute approximate surface area is 149 Å². The Balaban J connectivity index is 1.76. The molecular weight excluding hydrogens is 318 g/mol. The Hall–Kier alpha value is -1.89. The van der Waals surface area contributed by atoms with Crippen molar-refractivity contribution in [2.24, 2.45) is 11.8 Å². The van der Waals surface area contributed by atoms with Crippen molar-refractivity contribution in [3.63, 3.8) is 0 Å². The molecule has 1 amide bonds. The van der Waals surface area contributed by atoms with E-state index < -0.39 is 6.10 Å². The lowest BCUT2D eigenvalue weighted by Gasteiger charge is -2.35. The van der Waals surface area contributed by atoms with Crippen LogP contribution in [-0.2, 0) is 11.2 Å². The summed E-state index contributed by atoms with van der Waals surface area (Å²) in [5, 5.41) is 13.3. The van der Waals surface area contributed by atoms with Gasteiger partial charge in [0, 0.05) is 45.9 Å². The molecule has 0 spiro atoms. The maximum absolute atomic E-state index is 11.4. The number of rotatable bonds is 4. The molecule has 0 aromatic carbocycles. The molecule has 4 atom stereocenters. The van der Waals surface area contributed by atoms with Crippen LogP contribution in [0.3, 0.4) is 0 Å². The van der Waals surface area contributed by atoms with Gasteiger partial charge in [0.25, 0.3) is 0 Å². The van der Waals surface area contributed by atoms with Crippen LogP contribution in [0.15, 0.2) is 6.07 Å². The number of hydrogen-bond acceptors (Lipinski definition) is 6. The highest BCUT2D eigenvalue weighted by molar-refractivity contribution is 5.73. The summed E-state index contributed by atoms with van der Waals surface area (Å²) in [6.07, 6.45) is 1.98. The van der Waals surface area contributed by atoms with Gasteiger partial charge in [0.2, 0.25) is 11.9 Å². The van der Waals surface area contributed by atoms with Crippen molar-refractivity contribution in [1.29, 1.82) is 0 Å². The van der Waals surface area contributed by atoms with Gasteiger partial charge in [-0.25, -0.2) is 4.98 Å². The van der Waals surface area contributed by atoms with Gasteiger partial charge in [-0.1, -0.05) is 6.92 Å². The van der Waals surface area contributed by atoms with Crippen LogP contribution in [0.2, 0.25) is 0 Å². The molecule has 1 aromatic heterocycles. The van der Waals surface area contributed by atoms with Gasteiger partial charge in [-0.15, -0.1) is 0 Å². The van der Waals surface area contributed by atoms with E-state index in [1.54, 1.807) is 0 Å². The van der Waals surface area contributed by atoms with Gasteiger partial charge in [0.05, 0.1) is 12.1 Å². The summed E-state index contributed by atoms with van der Waals surface area (Å²) in [5.41, 5.74) is 1.04. The van der Waals surface area contributed by atoms with Crippen LogP contribution in [0.1, 0.15) is 32.4 Å². The molecule has 2 fully saturated rings. The predicted octanol–water partition coefficient (Wildman–Crippen LogP) is 0.817. The minimum atomic E-state index is -0.459. The molecule has 2 heterocycles. The van der Waals surface area contributed by atoms with E-state index in [9.17, 15) is 9.90 Å².